The molecular weight excluding hydrogens is 216 g/mol. The molecule has 1 saturated carbocycles. The molecule has 2 unspecified atom stereocenters. The zero-order chi connectivity index (χ0) is 11.2. The molecule has 3 N–H and O–H groups in total. The zero-order valence-electron chi connectivity index (χ0n) is 9.56. The highest BCUT2D eigenvalue weighted by atomic mass is 32.2. The van der Waals surface area contributed by atoms with Crippen LogP contribution in [-0.2, 0) is 0 Å². The molecule has 1 aromatic rings. The van der Waals surface area contributed by atoms with E-state index in [0.717, 1.165) is 18.7 Å². The van der Waals surface area contributed by atoms with Gasteiger partial charge in [-0.05, 0) is 31.4 Å². The third-order valence-corrected chi connectivity index (χ3v) is 4.03. The summed E-state index contributed by atoms with van der Waals surface area (Å²) in [5.41, 5.74) is 5.88. The topological polar surface area (TPSA) is 38.0 Å². The van der Waals surface area contributed by atoms with Crippen LogP contribution in [0.2, 0.25) is 0 Å². The predicted octanol–water partition coefficient (Wildman–Crippen LogP) is 2.25. The van der Waals surface area contributed by atoms with Crippen molar-refractivity contribution in [3.8, 4) is 0 Å². The zero-order valence-corrected chi connectivity index (χ0v) is 10.4. The van der Waals surface area contributed by atoms with Gasteiger partial charge >= 0.3 is 0 Å². The van der Waals surface area contributed by atoms with Crippen molar-refractivity contribution in [3.05, 3.63) is 30.3 Å². The lowest BCUT2D eigenvalue weighted by Crippen LogP contribution is -2.30. The summed E-state index contributed by atoms with van der Waals surface area (Å²) in [5, 5.41) is 3.58. The van der Waals surface area contributed by atoms with E-state index in [-0.39, 0.29) is 0 Å². The molecule has 1 aromatic carbocycles. The first-order valence-corrected chi connectivity index (χ1v) is 7.00. The molecule has 1 aliphatic carbocycles. The lowest BCUT2D eigenvalue weighted by atomic mass is 10.2. The largest absolute Gasteiger partial charge is 0.328 e. The molecule has 16 heavy (non-hydrogen) atoms. The number of thioether (sulfide) groups is 1. The maximum absolute atomic E-state index is 5.88. The van der Waals surface area contributed by atoms with Gasteiger partial charge in [-0.1, -0.05) is 18.2 Å². The average Bonchev–Trinajstić information content (AvgIpc) is 2.72. The highest BCUT2D eigenvalue weighted by molar-refractivity contribution is 7.99. The molecule has 2 rings (SSSR count). The van der Waals surface area contributed by atoms with Gasteiger partial charge in [-0.3, -0.25) is 0 Å². The summed E-state index contributed by atoms with van der Waals surface area (Å²) >= 11 is 1.91. The Labute approximate surface area is 102 Å². The molecule has 0 aromatic heterocycles. The van der Waals surface area contributed by atoms with Gasteiger partial charge in [-0.15, -0.1) is 11.8 Å². The van der Waals surface area contributed by atoms with E-state index in [9.17, 15) is 0 Å². The second kappa shape index (κ2) is 6.28. The van der Waals surface area contributed by atoms with Crippen LogP contribution in [0.1, 0.15) is 19.3 Å². The van der Waals surface area contributed by atoms with E-state index in [0.29, 0.717) is 12.1 Å². The van der Waals surface area contributed by atoms with Crippen molar-refractivity contribution in [2.24, 2.45) is 5.73 Å². The molecular formula is C13H20N2S. The maximum atomic E-state index is 5.88. The summed E-state index contributed by atoms with van der Waals surface area (Å²) in [7, 11) is 0. The highest BCUT2D eigenvalue weighted by Crippen LogP contribution is 2.18. The third kappa shape index (κ3) is 3.81. The summed E-state index contributed by atoms with van der Waals surface area (Å²) in [6, 6.07) is 11.7. The molecule has 1 fully saturated rings. The van der Waals surface area contributed by atoms with Gasteiger partial charge in [0, 0.05) is 29.3 Å². The monoisotopic (exact) mass is 236 g/mol. The number of benzene rings is 1. The first kappa shape index (κ1) is 12.0. The van der Waals surface area contributed by atoms with Crippen LogP contribution in [0, 0.1) is 0 Å². The Balaban J connectivity index is 1.59. The maximum Gasteiger partial charge on any atom is 0.0106 e. The van der Waals surface area contributed by atoms with Crippen molar-refractivity contribution in [3.63, 3.8) is 0 Å². The first-order valence-electron chi connectivity index (χ1n) is 6.01. The van der Waals surface area contributed by atoms with Gasteiger partial charge in [0.1, 0.15) is 0 Å². The Morgan fingerprint density at radius 1 is 1.25 bits per heavy atom. The molecule has 0 aliphatic heterocycles. The van der Waals surface area contributed by atoms with Crippen LogP contribution in [0.3, 0.4) is 0 Å². The van der Waals surface area contributed by atoms with Gasteiger partial charge < -0.3 is 11.1 Å². The minimum absolute atomic E-state index is 0.430. The molecule has 0 bridgehead atoms. The molecule has 88 valence electrons. The third-order valence-electron chi connectivity index (χ3n) is 3.02. The van der Waals surface area contributed by atoms with E-state index in [4.69, 9.17) is 5.73 Å². The summed E-state index contributed by atoms with van der Waals surface area (Å²) in [5.74, 6) is 1.13. The normalized spacial score (nSPS) is 24.8. The Hall–Kier alpha value is -0.510. The number of rotatable bonds is 5. The lowest BCUT2D eigenvalue weighted by Gasteiger charge is -2.11. The van der Waals surface area contributed by atoms with Gasteiger partial charge in [0.05, 0.1) is 0 Å². The van der Waals surface area contributed by atoms with Crippen molar-refractivity contribution in [2.45, 2.75) is 36.2 Å². The van der Waals surface area contributed by atoms with Crippen LogP contribution in [0.15, 0.2) is 35.2 Å². The van der Waals surface area contributed by atoms with Crippen LogP contribution in [0.5, 0.6) is 0 Å². The fourth-order valence-electron chi connectivity index (χ4n) is 2.15. The fourth-order valence-corrected chi connectivity index (χ4v) is 2.96. The fraction of sp³-hybridized carbons (Fsp3) is 0.538. The van der Waals surface area contributed by atoms with Crippen LogP contribution in [0.25, 0.3) is 0 Å². The van der Waals surface area contributed by atoms with E-state index in [1.807, 2.05) is 11.8 Å². The SMILES string of the molecule is NC1CCC(NCCSc2ccccc2)C1. The van der Waals surface area contributed by atoms with Crippen LogP contribution in [0.4, 0.5) is 0 Å². The van der Waals surface area contributed by atoms with Gasteiger partial charge in [-0.25, -0.2) is 0 Å². The van der Waals surface area contributed by atoms with Gasteiger partial charge in [-0.2, -0.15) is 0 Å². The molecule has 0 spiro atoms. The van der Waals surface area contributed by atoms with Gasteiger partial charge in [0.2, 0.25) is 0 Å². The summed E-state index contributed by atoms with van der Waals surface area (Å²) < 4.78 is 0. The molecule has 2 nitrogen and oxygen atoms in total. The van der Waals surface area contributed by atoms with E-state index >= 15 is 0 Å². The van der Waals surface area contributed by atoms with Crippen molar-refractivity contribution < 1.29 is 0 Å². The molecule has 3 heteroatoms. The average molecular weight is 236 g/mol. The van der Waals surface area contributed by atoms with E-state index in [1.165, 1.54) is 17.7 Å². The van der Waals surface area contributed by atoms with E-state index in [2.05, 4.69) is 35.6 Å². The van der Waals surface area contributed by atoms with E-state index in [1.54, 1.807) is 0 Å². The highest BCUT2D eigenvalue weighted by Gasteiger charge is 2.20. The Kier molecular flexibility index (Phi) is 4.69. The standard InChI is InChI=1S/C13H20N2S/c14-11-6-7-12(10-11)15-8-9-16-13-4-2-1-3-5-13/h1-5,11-12,15H,6-10,14H2. The van der Waals surface area contributed by atoms with Crippen molar-refractivity contribution >= 4 is 11.8 Å². The Morgan fingerprint density at radius 2 is 2.06 bits per heavy atom. The first-order chi connectivity index (χ1) is 7.84. The molecule has 0 amide bonds. The molecule has 1 aliphatic rings. The minimum Gasteiger partial charge on any atom is -0.328 e. The van der Waals surface area contributed by atoms with E-state index < -0.39 is 0 Å². The van der Waals surface area contributed by atoms with Gasteiger partial charge in [0.15, 0.2) is 0 Å². The van der Waals surface area contributed by atoms with Crippen molar-refractivity contribution in [2.75, 3.05) is 12.3 Å². The van der Waals surface area contributed by atoms with Gasteiger partial charge in [0.25, 0.3) is 0 Å². The van der Waals surface area contributed by atoms with Crippen LogP contribution in [-0.4, -0.2) is 24.4 Å². The summed E-state index contributed by atoms with van der Waals surface area (Å²) in [4.78, 5) is 1.35. The number of nitrogens with two attached hydrogens (primary N) is 1. The summed E-state index contributed by atoms with van der Waals surface area (Å²) in [6.07, 6.45) is 3.58. The number of hydrogen-bond donors (Lipinski definition) is 2. The van der Waals surface area contributed by atoms with Crippen molar-refractivity contribution in [1.82, 2.24) is 5.32 Å². The molecule has 0 heterocycles. The predicted molar refractivity (Wildman–Crippen MR) is 70.8 cm³/mol. The minimum atomic E-state index is 0.430. The molecule has 0 radical (unpaired) electrons. The molecule has 0 saturated heterocycles. The smallest absolute Gasteiger partial charge is 0.0106 e. The molecule has 2 atom stereocenters. The van der Waals surface area contributed by atoms with Crippen LogP contribution >= 0.6 is 11.8 Å². The lowest BCUT2D eigenvalue weighted by molar-refractivity contribution is 0.536. The van der Waals surface area contributed by atoms with Crippen LogP contribution < -0.4 is 11.1 Å². The Bertz CT molecular complexity index is 302. The Morgan fingerprint density at radius 3 is 2.75 bits per heavy atom. The van der Waals surface area contributed by atoms with Crippen molar-refractivity contribution in [1.29, 1.82) is 0 Å². The number of hydrogen-bond acceptors (Lipinski definition) is 3. The number of nitrogens with one attached hydrogen (secondary N) is 1. The second-order valence-corrected chi connectivity index (χ2v) is 5.55. The summed E-state index contributed by atoms with van der Waals surface area (Å²) in [6.45, 7) is 1.08. The quantitative estimate of drug-likeness (QED) is 0.608. The second-order valence-electron chi connectivity index (χ2n) is 4.39.